The second kappa shape index (κ2) is 6.44. The third-order valence-corrected chi connectivity index (χ3v) is 3.67. The van der Waals surface area contributed by atoms with Crippen molar-refractivity contribution < 1.29 is 0 Å². The monoisotopic (exact) mass is 285 g/mol. The summed E-state index contributed by atoms with van der Waals surface area (Å²) in [4.78, 5) is 4.57. The van der Waals surface area contributed by atoms with Crippen molar-refractivity contribution in [1.29, 1.82) is 0 Å². The van der Waals surface area contributed by atoms with Gasteiger partial charge in [-0.05, 0) is 26.7 Å². The average molecular weight is 285 g/mol. The van der Waals surface area contributed by atoms with E-state index in [4.69, 9.17) is 0 Å². The molecule has 1 aromatic carbocycles. The zero-order valence-electron chi connectivity index (χ0n) is 13.8. The normalized spacial score (nSPS) is 13.6. The third kappa shape index (κ3) is 4.18. The van der Waals surface area contributed by atoms with E-state index in [1.165, 1.54) is 5.56 Å². The van der Waals surface area contributed by atoms with Crippen LogP contribution in [0.25, 0.3) is 11.4 Å². The topological polar surface area (TPSA) is 29.9 Å². The molecule has 0 aliphatic carbocycles. The van der Waals surface area contributed by atoms with Crippen LogP contribution in [0, 0.1) is 5.92 Å². The number of hydrogen-bond donors (Lipinski definition) is 1. The van der Waals surface area contributed by atoms with Gasteiger partial charge in [-0.2, -0.15) is 0 Å². The number of nitrogens with zero attached hydrogens (tertiary/aromatic N) is 2. The van der Waals surface area contributed by atoms with Gasteiger partial charge in [-0.25, -0.2) is 4.98 Å². The third-order valence-electron chi connectivity index (χ3n) is 3.67. The summed E-state index contributed by atoms with van der Waals surface area (Å²) in [7, 11) is 0. The van der Waals surface area contributed by atoms with Gasteiger partial charge in [0.2, 0.25) is 0 Å². The Bertz CT molecular complexity index is 549. The molecule has 114 valence electrons. The first-order chi connectivity index (χ1) is 9.88. The van der Waals surface area contributed by atoms with Crippen LogP contribution in [0.2, 0.25) is 0 Å². The van der Waals surface area contributed by atoms with E-state index in [1.807, 2.05) is 12.3 Å². The summed E-state index contributed by atoms with van der Waals surface area (Å²) in [5, 5.41) is 3.62. The van der Waals surface area contributed by atoms with Gasteiger partial charge in [0.05, 0.1) is 0 Å². The minimum atomic E-state index is 0.126. The maximum absolute atomic E-state index is 4.57. The first-order valence-electron chi connectivity index (χ1n) is 7.72. The highest BCUT2D eigenvalue weighted by Crippen LogP contribution is 2.25. The second-order valence-electron chi connectivity index (χ2n) is 6.97. The molecule has 21 heavy (non-hydrogen) atoms. The van der Waals surface area contributed by atoms with Crippen LogP contribution in [0.15, 0.2) is 42.7 Å². The second-order valence-corrected chi connectivity index (χ2v) is 6.97. The Labute approximate surface area is 128 Å². The van der Waals surface area contributed by atoms with Crippen molar-refractivity contribution in [3.8, 4) is 11.4 Å². The maximum Gasteiger partial charge on any atom is 0.140 e. The summed E-state index contributed by atoms with van der Waals surface area (Å²) in [5.41, 5.74) is 1.30. The van der Waals surface area contributed by atoms with Gasteiger partial charge in [0, 0.05) is 36.1 Å². The maximum atomic E-state index is 4.57. The van der Waals surface area contributed by atoms with E-state index in [9.17, 15) is 0 Å². The molecule has 1 N–H and O–H groups in total. The molecule has 0 amide bonds. The van der Waals surface area contributed by atoms with E-state index >= 15 is 0 Å². The summed E-state index contributed by atoms with van der Waals surface area (Å²) < 4.78 is 2.30. The zero-order valence-corrected chi connectivity index (χ0v) is 13.8. The standard InChI is InChI=1S/C18H27N3/c1-14(2)16(13-20-18(3,4)5)21-12-11-19-17(21)15-9-7-6-8-10-15/h6-12,14,16,20H,13H2,1-5H3. The van der Waals surface area contributed by atoms with E-state index in [0.717, 1.165) is 12.4 Å². The highest BCUT2D eigenvalue weighted by Gasteiger charge is 2.21. The number of aromatic nitrogens is 2. The van der Waals surface area contributed by atoms with Crippen LogP contribution >= 0.6 is 0 Å². The van der Waals surface area contributed by atoms with Crippen LogP contribution in [0.3, 0.4) is 0 Å². The van der Waals surface area contributed by atoms with E-state index in [2.05, 4.69) is 79.9 Å². The molecule has 0 radical (unpaired) electrons. The Morgan fingerprint density at radius 2 is 1.81 bits per heavy atom. The summed E-state index contributed by atoms with van der Waals surface area (Å²) >= 11 is 0. The summed E-state index contributed by atoms with van der Waals surface area (Å²) in [5.74, 6) is 1.58. The van der Waals surface area contributed by atoms with Crippen LogP contribution in [-0.4, -0.2) is 21.6 Å². The molecule has 3 heteroatoms. The van der Waals surface area contributed by atoms with Gasteiger partial charge in [0.1, 0.15) is 5.82 Å². The minimum Gasteiger partial charge on any atom is -0.326 e. The van der Waals surface area contributed by atoms with Crippen LogP contribution in [0.1, 0.15) is 40.7 Å². The lowest BCUT2D eigenvalue weighted by molar-refractivity contribution is 0.313. The first kappa shape index (κ1) is 15.8. The predicted octanol–water partition coefficient (Wildman–Crippen LogP) is 4.14. The van der Waals surface area contributed by atoms with E-state index in [1.54, 1.807) is 0 Å². The van der Waals surface area contributed by atoms with Crippen molar-refractivity contribution in [3.63, 3.8) is 0 Å². The Kier molecular flexibility index (Phi) is 4.84. The Morgan fingerprint density at radius 1 is 1.14 bits per heavy atom. The van der Waals surface area contributed by atoms with Crippen molar-refractivity contribution >= 4 is 0 Å². The molecule has 2 rings (SSSR count). The van der Waals surface area contributed by atoms with Gasteiger partial charge >= 0.3 is 0 Å². The van der Waals surface area contributed by atoms with Gasteiger partial charge in [-0.3, -0.25) is 0 Å². The molecule has 1 heterocycles. The zero-order chi connectivity index (χ0) is 15.5. The molecule has 0 fully saturated rings. The number of imidazole rings is 1. The lowest BCUT2D eigenvalue weighted by atomic mass is 10.0. The summed E-state index contributed by atoms with van der Waals surface area (Å²) in [6, 6.07) is 10.8. The molecule has 1 unspecified atom stereocenters. The van der Waals surface area contributed by atoms with Gasteiger partial charge < -0.3 is 9.88 Å². The number of nitrogens with one attached hydrogen (secondary N) is 1. The molecule has 0 aliphatic heterocycles. The molecule has 2 aromatic rings. The molecule has 0 spiro atoms. The largest absolute Gasteiger partial charge is 0.326 e. The Balaban J connectivity index is 2.28. The quantitative estimate of drug-likeness (QED) is 0.895. The molecule has 3 nitrogen and oxygen atoms in total. The van der Waals surface area contributed by atoms with E-state index in [-0.39, 0.29) is 5.54 Å². The van der Waals surface area contributed by atoms with E-state index < -0.39 is 0 Å². The lowest BCUT2D eigenvalue weighted by Gasteiger charge is -2.29. The minimum absolute atomic E-state index is 0.126. The molecule has 0 saturated heterocycles. The Morgan fingerprint density at radius 3 is 2.38 bits per heavy atom. The fourth-order valence-electron chi connectivity index (χ4n) is 2.46. The van der Waals surface area contributed by atoms with Gasteiger partial charge in [-0.1, -0.05) is 44.2 Å². The van der Waals surface area contributed by atoms with Gasteiger partial charge in [-0.15, -0.1) is 0 Å². The fraction of sp³-hybridized carbons (Fsp3) is 0.500. The molecular weight excluding hydrogens is 258 g/mol. The molecular formula is C18H27N3. The first-order valence-corrected chi connectivity index (χ1v) is 7.72. The van der Waals surface area contributed by atoms with Crippen LogP contribution in [-0.2, 0) is 0 Å². The lowest BCUT2D eigenvalue weighted by Crippen LogP contribution is -2.41. The van der Waals surface area contributed by atoms with Gasteiger partial charge in [0.25, 0.3) is 0 Å². The molecule has 0 saturated carbocycles. The number of rotatable bonds is 5. The molecule has 0 bridgehead atoms. The summed E-state index contributed by atoms with van der Waals surface area (Å²) in [6.07, 6.45) is 3.99. The highest BCUT2D eigenvalue weighted by atomic mass is 15.1. The SMILES string of the molecule is CC(C)C(CNC(C)(C)C)n1ccnc1-c1ccccc1. The smallest absolute Gasteiger partial charge is 0.140 e. The predicted molar refractivity (Wildman–Crippen MR) is 89.3 cm³/mol. The van der Waals surface area contributed by atoms with Crippen LogP contribution in [0.5, 0.6) is 0 Å². The fourth-order valence-corrected chi connectivity index (χ4v) is 2.46. The Hall–Kier alpha value is -1.61. The highest BCUT2D eigenvalue weighted by molar-refractivity contribution is 5.55. The molecule has 0 aliphatic rings. The van der Waals surface area contributed by atoms with Crippen molar-refractivity contribution in [2.24, 2.45) is 5.92 Å². The van der Waals surface area contributed by atoms with Crippen molar-refractivity contribution in [2.75, 3.05) is 6.54 Å². The van der Waals surface area contributed by atoms with Gasteiger partial charge in [0.15, 0.2) is 0 Å². The van der Waals surface area contributed by atoms with E-state index in [0.29, 0.717) is 12.0 Å². The summed E-state index contributed by atoms with van der Waals surface area (Å²) in [6.45, 7) is 12.1. The number of benzene rings is 1. The van der Waals surface area contributed by atoms with Crippen LogP contribution in [0.4, 0.5) is 0 Å². The van der Waals surface area contributed by atoms with Crippen molar-refractivity contribution in [3.05, 3.63) is 42.7 Å². The number of hydrogen-bond acceptors (Lipinski definition) is 2. The van der Waals surface area contributed by atoms with Crippen LogP contribution < -0.4 is 5.32 Å². The average Bonchev–Trinajstić information content (AvgIpc) is 2.87. The van der Waals surface area contributed by atoms with Crippen molar-refractivity contribution in [2.45, 2.75) is 46.2 Å². The molecule has 1 aromatic heterocycles. The van der Waals surface area contributed by atoms with Crippen molar-refractivity contribution in [1.82, 2.24) is 14.9 Å². The molecule has 1 atom stereocenters.